The minimum Gasteiger partial charge on any atom is -0.479 e. The smallest absolute Gasteiger partial charge is 0.387 e. The highest BCUT2D eigenvalue weighted by molar-refractivity contribution is 5.74. The Labute approximate surface area is 94.3 Å². The number of aryl methyl sites for hydroxylation is 1. The van der Waals surface area contributed by atoms with Crippen molar-refractivity contribution >= 4 is 5.97 Å². The molecule has 0 fully saturated rings. The predicted molar refractivity (Wildman–Crippen MR) is 50.4 cm³/mol. The Hall–Kier alpha value is -1.76. The summed E-state index contributed by atoms with van der Waals surface area (Å²) in [6, 6.07) is 1.56. The van der Waals surface area contributed by atoms with Crippen LogP contribution >= 0.6 is 0 Å². The number of aliphatic hydroxyl groups excluding tert-OH is 1. The molecule has 0 saturated heterocycles. The predicted octanol–water partition coefficient (Wildman–Crippen LogP) is 1.85. The van der Waals surface area contributed by atoms with Crippen molar-refractivity contribution in [1.82, 2.24) is 0 Å². The van der Waals surface area contributed by atoms with Crippen molar-refractivity contribution in [1.29, 1.82) is 0 Å². The number of aliphatic carboxylic acids is 1. The Morgan fingerprint density at radius 1 is 1.41 bits per heavy atom. The second-order valence-electron chi connectivity index (χ2n) is 3.26. The topological polar surface area (TPSA) is 66.8 Å². The Morgan fingerprint density at radius 3 is 2.47 bits per heavy atom. The van der Waals surface area contributed by atoms with E-state index < -0.39 is 30.1 Å². The van der Waals surface area contributed by atoms with Gasteiger partial charge in [-0.2, -0.15) is 8.78 Å². The molecule has 7 heteroatoms. The number of alkyl halides is 2. The molecule has 0 aliphatic heterocycles. The van der Waals surface area contributed by atoms with Crippen LogP contribution in [-0.2, 0) is 4.79 Å². The molecule has 94 valence electrons. The second kappa shape index (κ2) is 5.05. The summed E-state index contributed by atoms with van der Waals surface area (Å²) >= 11 is 0. The van der Waals surface area contributed by atoms with Crippen LogP contribution in [0.5, 0.6) is 5.75 Å². The van der Waals surface area contributed by atoms with Gasteiger partial charge < -0.3 is 14.9 Å². The number of hydrogen-bond donors (Lipinski definition) is 2. The van der Waals surface area contributed by atoms with Crippen LogP contribution in [0.25, 0.3) is 0 Å². The van der Waals surface area contributed by atoms with Crippen LogP contribution in [0.4, 0.5) is 13.2 Å². The first-order chi connectivity index (χ1) is 7.82. The van der Waals surface area contributed by atoms with E-state index in [-0.39, 0.29) is 11.3 Å². The lowest BCUT2D eigenvalue weighted by molar-refractivity contribution is -0.147. The maximum atomic E-state index is 13.3. The van der Waals surface area contributed by atoms with E-state index in [0.29, 0.717) is 0 Å². The third-order valence-corrected chi connectivity index (χ3v) is 2.04. The van der Waals surface area contributed by atoms with E-state index in [1.165, 1.54) is 6.92 Å². The number of aliphatic hydroxyl groups is 1. The van der Waals surface area contributed by atoms with E-state index in [0.717, 1.165) is 12.1 Å². The number of ether oxygens (including phenoxy) is 1. The summed E-state index contributed by atoms with van der Waals surface area (Å²) in [5.41, 5.74) is -0.553. The molecular formula is C10H9F3O4. The molecule has 1 atom stereocenters. The van der Waals surface area contributed by atoms with Crippen LogP contribution < -0.4 is 4.74 Å². The third kappa shape index (κ3) is 3.10. The van der Waals surface area contributed by atoms with Crippen LogP contribution in [0.2, 0.25) is 0 Å². The first-order valence-electron chi connectivity index (χ1n) is 4.48. The minimum absolute atomic E-state index is 0.0733. The molecule has 2 N–H and O–H groups in total. The van der Waals surface area contributed by atoms with Gasteiger partial charge in [0.2, 0.25) is 0 Å². The lowest BCUT2D eigenvalue weighted by atomic mass is 10.1. The van der Waals surface area contributed by atoms with Crippen LogP contribution in [0.15, 0.2) is 12.1 Å². The molecule has 1 aromatic rings. The quantitative estimate of drug-likeness (QED) is 0.855. The van der Waals surface area contributed by atoms with Crippen molar-refractivity contribution in [2.45, 2.75) is 19.6 Å². The SMILES string of the molecule is Cc1cc(F)c(C(O)C(=O)O)cc1OC(F)F. The van der Waals surface area contributed by atoms with Crippen LogP contribution in [0.1, 0.15) is 17.2 Å². The first-order valence-corrected chi connectivity index (χ1v) is 4.48. The summed E-state index contributed by atoms with van der Waals surface area (Å²) in [6.07, 6.45) is -2.13. The van der Waals surface area contributed by atoms with Crippen LogP contribution in [0.3, 0.4) is 0 Å². The maximum Gasteiger partial charge on any atom is 0.387 e. The van der Waals surface area contributed by atoms with Gasteiger partial charge in [0.25, 0.3) is 0 Å². The first kappa shape index (κ1) is 13.3. The molecule has 0 aliphatic rings. The summed E-state index contributed by atoms with van der Waals surface area (Å²) in [5, 5.41) is 17.6. The highest BCUT2D eigenvalue weighted by atomic mass is 19.3. The van der Waals surface area contributed by atoms with E-state index in [1.54, 1.807) is 0 Å². The van der Waals surface area contributed by atoms with E-state index in [9.17, 15) is 18.0 Å². The zero-order valence-electron chi connectivity index (χ0n) is 8.65. The van der Waals surface area contributed by atoms with Crippen molar-refractivity contribution in [2.75, 3.05) is 0 Å². The van der Waals surface area contributed by atoms with Crippen molar-refractivity contribution in [3.63, 3.8) is 0 Å². The number of carboxylic acids is 1. The summed E-state index contributed by atoms with van der Waals surface area (Å²) in [7, 11) is 0. The van der Waals surface area contributed by atoms with Crippen LogP contribution in [-0.4, -0.2) is 22.8 Å². The average molecular weight is 250 g/mol. The van der Waals surface area contributed by atoms with Gasteiger partial charge in [-0.25, -0.2) is 9.18 Å². The molecule has 0 aliphatic carbocycles. The highest BCUT2D eigenvalue weighted by Gasteiger charge is 2.22. The zero-order valence-corrected chi connectivity index (χ0v) is 8.65. The lowest BCUT2D eigenvalue weighted by Crippen LogP contribution is -2.13. The number of hydrogen-bond acceptors (Lipinski definition) is 3. The van der Waals surface area contributed by atoms with Crippen molar-refractivity contribution < 1.29 is 32.9 Å². The van der Waals surface area contributed by atoms with Gasteiger partial charge in [0, 0.05) is 5.56 Å². The fourth-order valence-corrected chi connectivity index (χ4v) is 1.23. The molecule has 17 heavy (non-hydrogen) atoms. The van der Waals surface area contributed by atoms with Gasteiger partial charge in [-0.05, 0) is 24.6 Å². The fraction of sp³-hybridized carbons (Fsp3) is 0.300. The lowest BCUT2D eigenvalue weighted by Gasteiger charge is -2.12. The largest absolute Gasteiger partial charge is 0.479 e. The second-order valence-corrected chi connectivity index (χ2v) is 3.26. The van der Waals surface area contributed by atoms with Gasteiger partial charge in [0.1, 0.15) is 11.6 Å². The molecule has 4 nitrogen and oxygen atoms in total. The molecule has 0 saturated carbocycles. The third-order valence-electron chi connectivity index (χ3n) is 2.04. The average Bonchev–Trinajstić information content (AvgIpc) is 2.20. The number of carbonyl (C=O) groups is 1. The van der Waals surface area contributed by atoms with Gasteiger partial charge in [0.05, 0.1) is 0 Å². The number of rotatable bonds is 4. The van der Waals surface area contributed by atoms with E-state index in [2.05, 4.69) is 4.74 Å². The highest BCUT2D eigenvalue weighted by Crippen LogP contribution is 2.27. The fourth-order valence-electron chi connectivity index (χ4n) is 1.23. The molecule has 0 aromatic heterocycles. The number of benzene rings is 1. The Bertz CT molecular complexity index is 434. The van der Waals surface area contributed by atoms with E-state index >= 15 is 0 Å². The van der Waals surface area contributed by atoms with Gasteiger partial charge in [-0.3, -0.25) is 0 Å². The van der Waals surface area contributed by atoms with Gasteiger partial charge in [-0.15, -0.1) is 0 Å². The standard InChI is InChI=1S/C10H9F3O4/c1-4-2-6(11)5(8(14)9(15)16)3-7(4)17-10(12)13/h2-3,8,10,14H,1H3,(H,15,16). The van der Waals surface area contributed by atoms with Crippen molar-refractivity contribution in [3.8, 4) is 5.75 Å². The van der Waals surface area contributed by atoms with E-state index in [4.69, 9.17) is 10.2 Å². The molecule has 0 amide bonds. The Kier molecular flexibility index (Phi) is 3.95. The van der Waals surface area contributed by atoms with Crippen molar-refractivity contribution in [3.05, 3.63) is 29.1 Å². The monoisotopic (exact) mass is 250 g/mol. The van der Waals surface area contributed by atoms with Crippen molar-refractivity contribution in [2.24, 2.45) is 0 Å². The zero-order chi connectivity index (χ0) is 13.2. The van der Waals surface area contributed by atoms with Crippen LogP contribution in [0, 0.1) is 12.7 Å². The summed E-state index contributed by atoms with van der Waals surface area (Å²) in [4.78, 5) is 10.5. The minimum atomic E-state index is -3.12. The molecule has 0 spiro atoms. The molecule has 1 rings (SSSR count). The Balaban J connectivity index is 3.18. The maximum absolute atomic E-state index is 13.3. The molecule has 1 aromatic carbocycles. The number of halogens is 3. The molecule has 1 unspecified atom stereocenters. The van der Waals surface area contributed by atoms with Gasteiger partial charge >= 0.3 is 12.6 Å². The number of carboxylic acid groups (broad SMARTS) is 1. The molecule has 0 radical (unpaired) electrons. The van der Waals surface area contributed by atoms with E-state index in [1.807, 2.05) is 0 Å². The Morgan fingerprint density at radius 2 is 2.00 bits per heavy atom. The molecule has 0 heterocycles. The normalized spacial score (nSPS) is 12.6. The molecular weight excluding hydrogens is 241 g/mol. The summed E-state index contributed by atoms with van der Waals surface area (Å²) in [5.74, 6) is -3.06. The summed E-state index contributed by atoms with van der Waals surface area (Å²) < 4.78 is 41.4. The molecule has 0 bridgehead atoms. The summed E-state index contributed by atoms with van der Waals surface area (Å²) in [6.45, 7) is -1.80. The van der Waals surface area contributed by atoms with Gasteiger partial charge in [0.15, 0.2) is 6.10 Å². The van der Waals surface area contributed by atoms with Gasteiger partial charge in [-0.1, -0.05) is 0 Å².